The Balaban J connectivity index is 2.28. The van der Waals surface area contributed by atoms with Gasteiger partial charge in [0.1, 0.15) is 0 Å². The van der Waals surface area contributed by atoms with E-state index in [4.69, 9.17) is 0 Å². The summed E-state index contributed by atoms with van der Waals surface area (Å²) in [6.45, 7) is 11.0. The minimum Gasteiger partial charge on any atom is -0.392 e. The van der Waals surface area contributed by atoms with Crippen molar-refractivity contribution in [3.63, 3.8) is 0 Å². The number of urea groups is 1. The summed E-state index contributed by atoms with van der Waals surface area (Å²) in [4.78, 5) is 17.4. The van der Waals surface area contributed by atoms with E-state index in [1.807, 2.05) is 33.9 Å². The van der Waals surface area contributed by atoms with Gasteiger partial charge in [0.2, 0.25) is 0 Å². The number of nitrogens with one attached hydrogen (secondary N) is 2. The van der Waals surface area contributed by atoms with Crippen molar-refractivity contribution in [2.24, 2.45) is 11.3 Å². The highest BCUT2D eigenvalue weighted by Gasteiger charge is 2.30. The van der Waals surface area contributed by atoms with Gasteiger partial charge in [-0.15, -0.1) is 11.3 Å². The molecular formula is C16H29N3O2S. The average Bonchev–Trinajstić information content (AvgIpc) is 2.92. The molecule has 22 heavy (non-hydrogen) atoms. The van der Waals surface area contributed by atoms with Crippen molar-refractivity contribution in [2.75, 3.05) is 13.1 Å². The van der Waals surface area contributed by atoms with Crippen LogP contribution in [0.5, 0.6) is 0 Å². The SMILES string of the molecule is CCc1cnc(CCNC(=O)NCC(C)(C)C(O)C(C)C)s1. The van der Waals surface area contributed by atoms with E-state index in [0.29, 0.717) is 13.1 Å². The topological polar surface area (TPSA) is 74.2 Å². The van der Waals surface area contributed by atoms with Crippen LogP contribution in [0.1, 0.15) is 44.5 Å². The number of aliphatic hydroxyl groups is 1. The number of carbonyl (C=O) groups excluding carboxylic acids is 1. The maximum Gasteiger partial charge on any atom is 0.314 e. The number of hydrogen-bond donors (Lipinski definition) is 3. The Labute approximate surface area is 137 Å². The second kappa shape index (κ2) is 8.48. The lowest BCUT2D eigenvalue weighted by atomic mass is 9.81. The van der Waals surface area contributed by atoms with Gasteiger partial charge in [0.25, 0.3) is 0 Å². The fraction of sp³-hybridized carbons (Fsp3) is 0.750. The van der Waals surface area contributed by atoms with Crippen LogP contribution in [0.4, 0.5) is 4.79 Å². The summed E-state index contributed by atoms with van der Waals surface area (Å²) in [7, 11) is 0. The number of thiazole rings is 1. The zero-order chi connectivity index (χ0) is 16.8. The quantitative estimate of drug-likeness (QED) is 0.687. The van der Waals surface area contributed by atoms with Crippen molar-refractivity contribution in [1.82, 2.24) is 15.6 Å². The van der Waals surface area contributed by atoms with Gasteiger partial charge in [-0.1, -0.05) is 34.6 Å². The first-order valence-corrected chi connectivity index (χ1v) is 8.71. The van der Waals surface area contributed by atoms with Gasteiger partial charge < -0.3 is 15.7 Å². The molecule has 0 aliphatic rings. The molecule has 1 unspecified atom stereocenters. The van der Waals surface area contributed by atoms with Crippen LogP contribution >= 0.6 is 11.3 Å². The lowest BCUT2D eigenvalue weighted by Crippen LogP contribution is -2.46. The lowest BCUT2D eigenvalue weighted by Gasteiger charge is -2.33. The van der Waals surface area contributed by atoms with Crippen molar-refractivity contribution in [3.8, 4) is 0 Å². The zero-order valence-corrected chi connectivity index (χ0v) is 15.1. The molecule has 2 amide bonds. The number of amides is 2. The van der Waals surface area contributed by atoms with E-state index in [2.05, 4.69) is 22.5 Å². The van der Waals surface area contributed by atoms with E-state index in [0.717, 1.165) is 17.8 Å². The van der Waals surface area contributed by atoms with Crippen molar-refractivity contribution in [3.05, 3.63) is 16.1 Å². The third kappa shape index (κ3) is 5.93. The molecule has 0 aliphatic carbocycles. The van der Waals surface area contributed by atoms with Crippen LogP contribution in [0.2, 0.25) is 0 Å². The number of aryl methyl sites for hydroxylation is 1. The molecule has 0 spiro atoms. The molecule has 1 aromatic rings. The highest BCUT2D eigenvalue weighted by atomic mass is 32.1. The fourth-order valence-corrected chi connectivity index (χ4v) is 3.15. The van der Waals surface area contributed by atoms with Crippen LogP contribution in [0.3, 0.4) is 0 Å². The zero-order valence-electron chi connectivity index (χ0n) is 14.3. The van der Waals surface area contributed by atoms with Gasteiger partial charge in [0, 0.05) is 36.0 Å². The molecule has 1 aromatic heterocycles. The first-order chi connectivity index (χ1) is 10.3. The summed E-state index contributed by atoms with van der Waals surface area (Å²) in [6, 6.07) is -0.198. The summed E-state index contributed by atoms with van der Waals surface area (Å²) in [5.74, 6) is 0.164. The molecule has 3 N–H and O–H groups in total. The average molecular weight is 327 g/mol. The Morgan fingerprint density at radius 3 is 2.64 bits per heavy atom. The molecule has 0 radical (unpaired) electrons. The Bertz CT molecular complexity index is 472. The Hall–Kier alpha value is -1.14. The van der Waals surface area contributed by atoms with Crippen molar-refractivity contribution >= 4 is 17.4 Å². The van der Waals surface area contributed by atoms with Crippen LogP contribution in [0.15, 0.2) is 6.20 Å². The maximum atomic E-state index is 11.8. The molecular weight excluding hydrogens is 298 g/mol. The maximum absolute atomic E-state index is 11.8. The number of hydrogen-bond acceptors (Lipinski definition) is 4. The summed E-state index contributed by atoms with van der Waals surface area (Å²) in [6.07, 6.45) is 3.20. The summed E-state index contributed by atoms with van der Waals surface area (Å²) in [5.41, 5.74) is -0.350. The minimum atomic E-state index is -0.449. The molecule has 126 valence electrons. The van der Waals surface area contributed by atoms with Gasteiger partial charge in [-0.2, -0.15) is 0 Å². The minimum absolute atomic E-state index is 0.164. The molecule has 5 nitrogen and oxygen atoms in total. The first-order valence-electron chi connectivity index (χ1n) is 7.89. The largest absolute Gasteiger partial charge is 0.392 e. The highest BCUT2D eigenvalue weighted by Crippen LogP contribution is 2.24. The molecule has 0 saturated heterocycles. The summed E-state index contributed by atoms with van der Waals surface area (Å²) >= 11 is 1.69. The smallest absolute Gasteiger partial charge is 0.314 e. The van der Waals surface area contributed by atoms with Crippen LogP contribution in [0.25, 0.3) is 0 Å². The van der Waals surface area contributed by atoms with Crippen LogP contribution in [0, 0.1) is 11.3 Å². The molecule has 1 rings (SSSR count). The van der Waals surface area contributed by atoms with E-state index in [9.17, 15) is 9.90 Å². The molecule has 0 aromatic carbocycles. The molecule has 0 fully saturated rings. The van der Waals surface area contributed by atoms with Gasteiger partial charge in [0.05, 0.1) is 11.1 Å². The Morgan fingerprint density at radius 2 is 2.09 bits per heavy atom. The predicted octanol–water partition coefficient (Wildman–Crippen LogP) is 2.59. The lowest BCUT2D eigenvalue weighted by molar-refractivity contribution is 0.0151. The van der Waals surface area contributed by atoms with Crippen LogP contribution < -0.4 is 10.6 Å². The van der Waals surface area contributed by atoms with E-state index < -0.39 is 6.10 Å². The number of carbonyl (C=O) groups is 1. The first kappa shape index (κ1) is 18.9. The summed E-state index contributed by atoms with van der Waals surface area (Å²) < 4.78 is 0. The molecule has 1 atom stereocenters. The van der Waals surface area contributed by atoms with E-state index >= 15 is 0 Å². The Kier molecular flexibility index (Phi) is 7.29. The molecule has 1 heterocycles. The van der Waals surface area contributed by atoms with Crippen molar-refractivity contribution < 1.29 is 9.90 Å². The predicted molar refractivity (Wildman–Crippen MR) is 91.2 cm³/mol. The summed E-state index contributed by atoms with van der Waals surface area (Å²) in [5, 5.41) is 16.9. The van der Waals surface area contributed by atoms with Crippen LogP contribution in [-0.2, 0) is 12.8 Å². The molecule has 0 saturated carbocycles. The second-order valence-electron chi connectivity index (χ2n) is 6.61. The van der Waals surface area contributed by atoms with Gasteiger partial charge >= 0.3 is 6.03 Å². The molecule has 0 bridgehead atoms. The molecule has 6 heteroatoms. The van der Waals surface area contributed by atoms with Gasteiger partial charge in [-0.3, -0.25) is 0 Å². The number of nitrogens with zero attached hydrogens (tertiary/aromatic N) is 1. The van der Waals surface area contributed by atoms with Gasteiger partial charge in [-0.25, -0.2) is 9.78 Å². The van der Waals surface area contributed by atoms with Crippen molar-refractivity contribution in [2.45, 2.75) is 53.6 Å². The number of aromatic nitrogens is 1. The van der Waals surface area contributed by atoms with Gasteiger partial charge in [0.15, 0.2) is 0 Å². The second-order valence-corrected chi connectivity index (χ2v) is 7.81. The van der Waals surface area contributed by atoms with E-state index in [1.54, 1.807) is 11.3 Å². The normalized spacial score (nSPS) is 13.2. The number of aliphatic hydroxyl groups excluding tert-OH is 1. The standard InChI is InChI=1S/C16H29N3O2S/c1-6-12-9-18-13(22-12)7-8-17-15(21)19-10-16(4,5)14(20)11(2)3/h9,11,14,20H,6-8,10H2,1-5H3,(H2,17,19,21). The van der Waals surface area contributed by atoms with E-state index in [-0.39, 0.29) is 17.4 Å². The van der Waals surface area contributed by atoms with E-state index in [1.165, 1.54) is 4.88 Å². The van der Waals surface area contributed by atoms with Crippen molar-refractivity contribution in [1.29, 1.82) is 0 Å². The fourth-order valence-electron chi connectivity index (χ4n) is 2.29. The highest BCUT2D eigenvalue weighted by molar-refractivity contribution is 7.11. The molecule has 0 aliphatic heterocycles. The third-order valence-electron chi connectivity index (χ3n) is 3.71. The monoisotopic (exact) mass is 327 g/mol. The Morgan fingerprint density at radius 1 is 1.41 bits per heavy atom. The third-order valence-corrected chi connectivity index (χ3v) is 4.91. The van der Waals surface area contributed by atoms with Gasteiger partial charge in [-0.05, 0) is 12.3 Å². The van der Waals surface area contributed by atoms with Crippen LogP contribution in [-0.4, -0.2) is 35.3 Å². The number of rotatable bonds is 8.